The normalized spacial score (nSPS) is 35.5. The minimum absolute atomic E-state index is 0.0304. The molecule has 0 radical (unpaired) electrons. The molecule has 1 amide bonds. The van der Waals surface area contributed by atoms with E-state index >= 15 is 0 Å². The van der Waals surface area contributed by atoms with Crippen molar-refractivity contribution in [3.05, 3.63) is 33.1 Å². The van der Waals surface area contributed by atoms with Crippen molar-refractivity contribution in [2.45, 2.75) is 50.6 Å². The Bertz CT molecular complexity index is 683. The Labute approximate surface area is 127 Å². The van der Waals surface area contributed by atoms with E-state index in [1.165, 1.54) is 36.1 Å². The number of rotatable bonds is 3. The van der Waals surface area contributed by atoms with Crippen LogP contribution in [0.5, 0.6) is 0 Å². The molecule has 6 heteroatoms. The number of H-pyrrole nitrogens is 1. The van der Waals surface area contributed by atoms with Gasteiger partial charge in [0.1, 0.15) is 6.54 Å². The van der Waals surface area contributed by atoms with Crippen LogP contribution in [0.2, 0.25) is 0 Å². The van der Waals surface area contributed by atoms with Crippen molar-refractivity contribution in [1.82, 2.24) is 14.9 Å². The molecule has 4 aliphatic carbocycles. The van der Waals surface area contributed by atoms with E-state index in [2.05, 4.69) is 10.3 Å². The zero-order valence-corrected chi connectivity index (χ0v) is 12.5. The van der Waals surface area contributed by atoms with Gasteiger partial charge in [-0.1, -0.05) is 0 Å². The fourth-order valence-corrected chi connectivity index (χ4v) is 5.32. The van der Waals surface area contributed by atoms with Gasteiger partial charge in [0, 0.05) is 17.8 Å². The van der Waals surface area contributed by atoms with Gasteiger partial charge in [-0.05, 0) is 56.3 Å². The highest BCUT2D eigenvalue weighted by Gasteiger charge is 2.51. The quantitative estimate of drug-likeness (QED) is 0.858. The molecule has 4 aliphatic rings. The first-order chi connectivity index (χ1) is 10.5. The first-order valence-electron chi connectivity index (χ1n) is 8.12. The zero-order chi connectivity index (χ0) is 15.3. The number of amides is 1. The number of hydrogen-bond donors (Lipinski definition) is 2. The van der Waals surface area contributed by atoms with E-state index < -0.39 is 11.2 Å². The van der Waals surface area contributed by atoms with Crippen LogP contribution < -0.4 is 16.6 Å². The molecule has 1 heterocycles. The highest BCUT2D eigenvalue weighted by molar-refractivity contribution is 5.76. The first-order valence-corrected chi connectivity index (χ1v) is 8.12. The summed E-state index contributed by atoms with van der Waals surface area (Å²) in [5, 5.41) is 3.22. The van der Waals surface area contributed by atoms with E-state index in [1.54, 1.807) is 0 Å². The van der Waals surface area contributed by atoms with Gasteiger partial charge in [0.2, 0.25) is 5.91 Å². The molecule has 4 saturated carbocycles. The van der Waals surface area contributed by atoms with E-state index in [4.69, 9.17) is 0 Å². The van der Waals surface area contributed by atoms with E-state index in [0.717, 1.165) is 37.0 Å². The third-order valence-corrected chi connectivity index (χ3v) is 5.65. The van der Waals surface area contributed by atoms with Gasteiger partial charge in [-0.25, -0.2) is 4.79 Å². The van der Waals surface area contributed by atoms with Gasteiger partial charge in [-0.2, -0.15) is 0 Å². The highest BCUT2D eigenvalue weighted by atomic mass is 16.2. The van der Waals surface area contributed by atoms with Crippen LogP contribution in [0, 0.1) is 17.8 Å². The molecule has 4 bridgehead atoms. The van der Waals surface area contributed by atoms with E-state index in [-0.39, 0.29) is 18.0 Å². The van der Waals surface area contributed by atoms with Crippen LogP contribution >= 0.6 is 0 Å². The molecule has 0 aromatic carbocycles. The standard InChI is InChI=1S/C16H21N3O3/c20-13-1-2-19(15(22)17-13)9-14(21)18-16-6-10-3-11(7-16)5-12(4-10)8-16/h1-2,10-12H,3-9H2,(H,18,21)(H,17,20,22). The molecule has 0 atom stereocenters. The Hall–Kier alpha value is -1.85. The number of carbonyl (C=O) groups excluding carboxylic acids is 1. The SMILES string of the molecule is O=C(Cn1ccc(=O)[nH]c1=O)NC12CC3CC(CC(C3)C1)C2. The molecule has 118 valence electrons. The molecule has 1 aromatic rings. The topological polar surface area (TPSA) is 84.0 Å². The maximum Gasteiger partial charge on any atom is 0.328 e. The second-order valence-corrected chi connectivity index (χ2v) is 7.48. The summed E-state index contributed by atoms with van der Waals surface area (Å²) in [5.41, 5.74) is -1.02. The number of nitrogens with zero attached hydrogens (tertiary/aromatic N) is 1. The second-order valence-electron chi connectivity index (χ2n) is 7.48. The van der Waals surface area contributed by atoms with E-state index in [9.17, 15) is 14.4 Å². The fraction of sp³-hybridized carbons (Fsp3) is 0.688. The first kappa shape index (κ1) is 13.8. The van der Waals surface area contributed by atoms with E-state index in [0.29, 0.717) is 0 Å². The molecule has 4 fully saturated rings. The Balaban J connectivity index is 1.48. The molecule has 0 saturated heterocycles. The summed E-state index contributed by atoms with van der Waals surface area (Å²) in [5.74, 6) is 2.17. The van der Waals surface area contributed by atoms with Crippen molar-refractivity contribution in [1.29, 1.82) is 0 Å². The van der Waals surface area contributed by atoms with Crippen LogP contribution in [0.1, 0.15) is 38.5 Å². The Morgan fingerprint density at radius 2 is 1.77 bits per heavy atom. The van der Waals surface area contributed by atoms with Crippen LogP contribution in [-0.4, -0.2) is 21.0 Å². The zero-order valence-electron chi connectivity index (χ0n) is 12.5. The minimum atomic E-state index is -0.534. The summed E-state index contributed by atoms with van der Waals surface area (Å²) in [4.78, 5) is 37.3. The van der Waals surface area contributed by atoms with Gasteiger partial charge in [-0.3, -0.25) is 19.1 Å². The summed E-state index contributed by atoms with van der Waals surface area (Å²) >= 11 is 0. The van der Waals surface area contributed by atoms with Crippen molar-refractivity contribution in [2.24, 2.45) is 17.8 Å². The maximum absolute atomic E-state index is 12.4. The van der Waals surface area contributed by atoms with Crippen LogP contribution in [-0.2, 0) is 11.3 Å². The van der Waals surface area contributed by atoms with Crippen LogP contribution in [0.4, 0.5) is 0 Å². The summed E-state index contributed by atoms with van der Waals surface area (Å²) in [6, 6.07) is 1.26. The van der Waals surface area contributed by atoms with Gasteiger partial charge in [-0.15, -0.1) is 0 Å². The van der Waals surface area contributed by atoms with Crippen LogP contribution in [0.15, 0.2) is 21.9 Å². The number of nitrogens with one attached hydrogen (secondary N) is 2. The smallest absolute Gasteiger partial charge is 0.328 e. The minimum Gasteiger partial charge on any atom is -0.349 e. The van der Waals surface area contributed by atoms with Gasteiger partial charge in [0.25, 0.3) is 5.56 Å². The summed E-state index contributed by atoms with van der Waals surface area (Å²) in [7, 11) is 0. The largest absolute Gasteiger partial charge is 0.349 e. The fourth-order valence-electron chi connectivity index (χ4n) is 5.32. The molecule has 0 spiro atoms. The molecule has 6 nitrogen and oxygen atoms in total. The van der Waals surface area contributed by atoms with Crippen molar-refractivity contribution >= 4 is 5.91 Å². The molecule has 5 rings (SSSR count). The van der Waals surface area contributed by atoms with Crippen LogP contribution in [0.25, 0.3) is 0 Å². The molecule has 0 unspecified atom stereocenters. The van der Waals surface area contributed by atoms with Gasteiger partial charge in [0.15, 0.2) is 0 Å². The molecule has 1 aromatic heterocycles. The van der Waals surface area contributed by atoms with Gasteiger partial charge < -0.3 is 5.32 Å². The lowest BCUT2D eigenvalue weighted by Gasteiger charge is -2.56. The van der Waals surface area contributed by atoms with Crippen molar-refractivity contribution < 1.29 is 4.79 Å². The maximum atomic E-state index is 12.4. The third-order valence-electron chi connectivity index (χ3n) is 5.65. The summed E-state index contributed by atoms with van der Waals surface area (Å²) in [6.45, 7) is -0.0304. The second kappa shape index (κ2) is 4.83. The molecule has 22 heavy (non-hydrogen) atoms. The monoisotopic (exact) mass is 303 g/mol. The third kappa shape index (κ3) is 2.40. The summed E-state index contributed by atoms with van der Waals surface area (Å²) in [6.07, 6.45) is 8.62. The molecule has 2 N–H and O–H groups in total. The van der Waals surface area contributed by atoms with Gasteiger partial charge >= 0.3 is 5.69 Å². The van der Waals surface area contributed by atoms with Crippen molar-refractivity contribution in [3.8, 4) is 0 Å². The molecular formula is C16H21N3O3. The molecular weight excluding hydrogens is 282 g/mol. The Kier molecular flexibility index (Phi) is 3.03. The summed E-state index contributed by atoms with van der Waals surface area (Å²) < 4.78 is 1.25. The Morgan fingerprint density at radius 3 is 2.32 bits per heavy atom. The van der Waals surface area contributed by atoms with E-state index in [1.807, 2.05) is 0 Å². The van der Waals surface area contributed by atoms with Crippen LogP contribution in [0.3, 0.4) is 0 Å². The number of hydrogen-bond acceptors (Lipinski definition) is 3. The lowest BCUT2D eigenvalue weighted by molar-refractivity contribution is -0.127. The molecule has 0 aliphatic heterocycles. The lowest BCUT2D eigenvalue weighted by atomic mass is 9.53. The average Bonchev–Trinajstić information content (AvgIpc) is 2.39. The average molecular weight is 303 g/mol. The Morgan fingerprint density at radius 1 is 1.18 bits per heavy atom. The lowest BCUT2D eigenvalue weighted by Crippen LogP contribution is -2.60. The predicted molar refractivity (Wildman–Crippen MR) is 80.4 cm³/mol. The highest BCUT2D eigenvalue weighted by Crippen LogP contribution is 2.55. The number of aromatic amines is 1. The van der Waals surface area contributed by atoms with Crippen molar-refractivity contribution in [3.63, 3.8) is 0 Å². The predicted octanol–water partition coefficient (Wildman–Crippen LogP) is 0.622. The van der Waals surface area contributed by atoms with Crippen molar-refractivity contribution in [2.75, 3.05) is 0 Å². The number of aromatic nitrogens is 2. The number of carbonyl (C=O) groups is 1. The van der Waals surface area contributed by atoms with Gasteiger partial charge in [0.05, 0.1) is 0 Å².